The Labute approximate surface area is 173 Å². The second kappa shape index (κ2) is 8.51. The van der Waals surface area contributed by atoms with Crippen LogP contribution in [0.5, 0.6) is 0 Å². The number of aromatic nitrogens is 2. The van der Waals surface area contributed by atoms with Crippen molar-refractivity contribution in [1.29, 1.82) is 0 Å². The highest BCUT2D eigenvalue weighted by Gasteiger charge is 2.32. The van der Waals surface area contributed by atoms with Crippen molar-refractivity contribution in [1.82, 2.24) is 14.5 Å². The van der Waals surface area contributed by atoms with E-state index in [2.05, 4.69) is 4.98 Å². The Morgan fingerprint density at radius 1 is 1.17 bits per heavy atom. The molecule has 0 spiro atoms. The number of alkyl halides is 2. The largest absolute Gasteiger partial charge is 0.326 e. The third kappa shape index (κ3) is 4.14. The summed E-state index contributed by atoms with van der Waals surface area (Å²) in [5, 5.41) is -0.635. The lowest BCUT2D eigenvalue weighted by atomic mass is 10.0. The highest BCUT2D eigenvalue weighted by atomic mass is 35.5. The van der Waals surface area contributed by atoms with Gasteiger partial charge in [-0.3, -0.25) is 9.36 Å². The first kappa shape index (κ1) is 19.9. The molecule has 152 valence electrons. The SMILES string of the molecule is O=C(c1ccccc1)C(Cl)CCN1CCC(n2c(=O)[nH]c3ccccc32)C(F)C1. The smallest absolute Gasteiger partial charge is 0.306 e. The van der Waals surface area contributed by atoms with Crippen LogP contribution >= 0.6 is 11.6 Å². The highest BCUT2D eigenvalue weighted by molar-refractivity contribution is 6.33. The summed E-state index contributed by atoms with van der Waals surface area (Å²) in [7, 11) is 0. The van der Waals surface area contributed by atoms with Crippen LogP contribution in [0.25, 0.3) is 11.0 Å². The number of benzene rings is 2. The molecule has 1 aliphatic rings. The molecular weight excluding hydrogens is 393 g/mol. The van der Waals surface area contributed by atoms with E-state index in [1.165, 1.54) is 0 Å². The number of halogens is 2. The summed E-state index contributed by atoms with van der Waals surface area (Å²) >= 11 is 6.30. The number of nitrogens with one attached hydrogen (secondary N) is 1. The van der Waals surface area contributed by atoms with Crippen molar-refractivity contribution in [3.05, 3.63) is 70.6 Å². The zero-order valence-electron chi connectivity index (χ0n) is 15.9. The Hall–Kier alpha value is -2.44. The lowest BCUT2D eigenvalue weighted by Crippen LogP contribution is -2.45. The van der Waals surface area contributed by atoms with Crippen LogP contribution in [0, 0.1) is 0 Å². The van der Waals surface area contributed by atoms with E-state index < -0.39 is 17.6 Å². The number of aromatic amines is 1. The van der Waals surface area contributed by atoms with Crippen molar-refractivity contribution in [3.63, 3.8) is 0 Å². The zero-order valence-corrected chi connectivity index (χ0v) is 16.7. The molecule has 1 saturated heterocycles. The number of Topliss-reactive ketones (excluding diaryl/α,β-unsaturated/α-hetero) is 1. The van der Waals surface area contributed by atoms with Crippen LogP contribution in [-0.2, 0) is 0 Å². The molecule has 5 nitrogen and oxygen atoms in total. The number of imidazole rings is 1. The maximum absolute atomic E-state index is 15.0. The second-order valence-electron chi connectivity index (χ2n) is 7.48. The maximum atomic E-state index is 15.0. The first-order valence-corrected chi connectivity index (χ1v) is 10.3. The van der Waals surface area contributed by atoms with E-state index in [1.54, 1.807) is 16.7 Å². The number of carbonyl (C=O) groups is 1. The topological polar surface area (TPSA) is 58.1 Å². The van der Waals surface area contributed by atoms with Gasteiger partial charge in [-0.15, -0.1) is 11.6 Å². The number of hydrogen-bond acceptors (Lipinski definition) is 3. The number of para-hydroxylation sites is 2. The number of nitrogens with zero attached hydrogens (tertiary/aromatic N) is 2. The summed E-state index contributed by atoms with van der Waals surface area (Å²) in [5.41, 5.74) is 1.76. The van der Waals surface area contributed by atoms with E-state index in [-0.39, 0.29) is 18.0 Å². The second-order valence-corrected chi connectivity index (χ2v) is 8.00. The standard InChI is InChI=1S/C22H23ClFN3O2/c23-16(21(28)15-6-2-1-3-7-15)10-12-26-13-11-19(17(24)14-26)27-20-9-5-4-8-18(20)25-22(27)29/h1-9,16-17,19H,10-14H2,(H,25,29). The molecule has 1 aromatic heterocycles. The van der Waals surface area contributed by atoms with E-state index >= 15 is 4.39 Å². The zero-order chi connectivity index (χ0) is 20.4. The van der Waals surface area contributed by atoms with Gasteiger partial charge in [-0.05, 0) is 25.0 Å². The van der Waals surface area contributed by atoms with E-state index in [1.807, 2.05) is 47.4 Å². The van der Waals surface area contributed by atoms with Gasteiger partial charge >= 0.3 is 5.69 Å². The van der Waals surface area contributed by atoms with Gasteiger partial charge in [0.2, 0.25) is 0 Å². The number of fused-ring (bicyclic) bond motifs is 1. The van der Waals surface area contributed by atoms with Gasteiger partial charge in [-0.25, -0.2) is 9.18 Å². The summed E-state index contributed by atoms with van der Waals surface area (Å²) in [4.78, 5) is 29.5. The Bertz CT molecular complexity index is 1050. The van der Waals surface area contributed by atoms with Gasteiger partial charge in [-0.1, -0.05) is 42.5 Å². The van der Waals surface area contributed by atoms with Gasteiger partial charge in [-0.2, -0.15) is 0 Å². The molecule has 4 rings (SSSR count). The van der Waals surface area contributed by atoms with Crippen molar-refractivity contribution in [2.75, 3.05) is 19.6 Å². The molecule has 3 unspecified atom stereocenters. The van der Waals surface area contributed by atoms with Crippen LogP contribution in [-0.4, -0.2) is 51.4 Å². The molecule has 3 atom stereocenters. The Kier molecular flexibility index (Phi) is 5.83. The number of hydrogen-bond donors (Lipinski definition) is 1. The Morgan fingerprint density at radius 3 is 2.66 bits per heavy atom. The van der Waals surface area contributed by atoms with Crippen molar-refractivity contribution < 1.29 is 9.18 Å². The third-order valence-corrected chi connectivity index (χ3v) is 6.00. The minimum absolute atomic E-state index is 0.107. The predicted molar refractivity (Wildman–Crippen MR) is 113 cm³/mol. The molecule has 0 amide bonds. The average Bonchev–Trinajstić information content (AvgIpc) is 3.08. The predicted octanol–water partition coefficient (Wildman–Crippen LogP) is 3.79. The van der Waals surface area contributed by atoms with Gasteiger partial charge in [0.25, 0.3) is 0 Å². The summed E-state index contributed by atoms with van der Waals surface area (Å²) in [6.45, 7) is 1.42. The quantitative estimate of drug-likeness (QED) is 0.492. The van der Waals surface area contributed by atoms with Crippen LogP contribution in [0.1, 0.15) is 29.2 Å². The van der Waals surface area contributed by atoms with Crippen LogP contribution in [0.2, 0.25) is 0 Å². The lowest BCUT2D eigenvalue weighted by Gasteiger charge is -2.35. The van der Waals surface area contributed by atoms with Crippen LogP contribution in [0.15, 0.2) is 59.4 Å². The van der Waals surface area contributed by atoms with E-state index in [0.717, 1.165) is 11.0 Å². The monoisotopic (exact) mass is 415 g/mol. The molecule has 2 aromatic carbocycles. The van der Waals surface area contributed by atoms with E-state index in [9.17, 15) is 9.59 Å². The Balaban J connectivity index is 1.37. The van der Waals surface area contributed by atoms with Crippen molar-refractivity contribution in [3.8, 4) is 0 Å². The minimum Gasteiger partial charge on any atom is -0.306 e. The first-order valence-electron chi connectivity index (χ1n) is 9.83. The number of ketones is 1. The molecule has 3 aromatic rings. The minimum atomic E-state index is -1.17. The number of carbonyl (C=O) groups excluding carboxylic acids is 1. The van der Waals surface area contributed by atoms with Crippen LogP contribution < -0.4 is 5.69 Å². The normalized spacial score (nSPS) is 21.3. The van der Waals surface area contributed by atoms with Crippen LogP contribution in [0.4, 0.5) is 4.39 Å². The summed E-state index contributed by atoms with van der Waals surface area (Å²) < 4.78 is 16.5. The molecule has 7 heteroatoms. The molecule has 0 saturated carbocycles. The van der Waals surface area contributed by atoms with Crippen molar-refractivity contribution in [2.45, 2.75) is 30.4 Å². The van der Waals surface area contributed by atoms with Gasteiger partial charge in [0.1, 0.15) is 6.17 Å². The van der Waals surface area contributed by atoms with Crippen LogP contribution in [0.3, 0.4) is 0 Å². The molecular formula is C22H23ClFN3O2. The number of likely N-dealkylation sites (tertiary alicyclic amines) is 1. The van der Waals surface area contributed by atoms with Gasteiger partial charge in [0.05, 0.1) is 22.5 Å². The fraction of sp³-hybridized carbons (Fsp3) is 0.364. The fourth-order valence-corrected chi connectivity index (χ4v) is 4.29. The van der Waals surface area contributed by atoms with Gasteiger partial charge < -0.3 is 9.88 Å². The van der Waals surface area contributed by atoms with Gasteiger partial charge in [0.15, 0.2) is 5.78 Å². The highest BCUT2D eigenvalue weighted by Crippen LogP contribution is 2.27. The summed E-state index contributed by atoms with van der Waals surface area (Å²) in [6.07, 6.45) is -0.179. The van der Waals surface area contributed by atoms with E-state index in [4.69, 9.17) is 11.6 Å². The molecule has 2 heterocycles. The Morgan fingerprint density at radius 2 is 1.90 bits per heavy atom. The molecule has 0 radical (unpaired) electrons. The van der Waals surface area contributed by atoms with Crippen molar-refractivity contribution in [2.24, 2.45) is 0 Å². The maximum Gasteiger partial charge on any atom is 0.326 e. The van der Waals surface area contributed by atoms with Gasteiger partial charge in [0, 0.05) is 25.2 Å². The molecule has 1 N–H and O–H groups in total. The van der Waals surface area contributed by atoms with E-state index in [0.29, 0.717) is 31.5 Å². The molecule has 1 aliphatic heterocycles. The molecule has 29 heavy (non-hydrogen) atoms. The average molecular weight is 416 g/mol. The van der Waals surface area contributed by atoms with Crippen molar-refractivity contribution >= 4 is 28.4 Å². The molecule has 0 bridgehead atoms. The third-order valence-electron chi connectivity index (χ3n) is 5.59. The lowest BCUT2D eigenvalue weighted by molar-refractivity contribution is 0.0858. The molecule has 1 fully saturated rings. The summed E-state index contributed by atoms with van der Waals surface area (Å²) in [6, 6.07) is 15.8. The summed E-state index contributed by atoms with van der Waals surface area (Å²) in [5.74, 6) is -0.107. The number of rotatable bonds is 6. The number of H-pyrrole nitrogens is 1. The number of piperidine rings is 1. The first-order chi connectivity index (χ1) is 14.0. The fourth-order valence-electron chi connectivity index (χ4n) is 4.06. The molecule has 0 aliphatic carbocycles.